The number of amides is 1. The van der Waals surface area contributed by atoms with Crippen molar-refractivity contribution in [2.45, 2.75) is 32.2 Å². The number of carboxylic acid groups (broad SMARTS) is 1. The van der Waals surface area contributed by atoms with Gasteiger partial charge < -0.3 is 10.4 Å². The third kappa shape index (κ3) is 4.84. The van der Waals surface area contributed by atoms with E-state index in [1.165, 1.54) is 0 Å². The van der Waals surface area contributed by atoms with Gasteiger partial charge in [0.05, 0.1) is 10.6 Å². The summed E-state index contributed by atoms with van der Waals surface area (Å²) in [5.74, 6) is -1.50. The molecule has 4 nitrogen and oxygen atoms in total. The van der Waals surface area contributed by atoms with E-state index in [-0.39, 0.29) is 10.6 Å². The van der Waals surface area contributed by atoms with E-state index in [1.54, 1.807) is 18.2 Å². The molecule has 0 aliphatic carbocycles. The number of hydrogen-bond acceptors (Lipinski definition) is 2. The fraction of sp³-hybridized carbons (Fsp3) is 0.385. The molecular formula is C13H15BrClNO3. The Morgan fingerprint density at radius 2 is 2.16 bits per heavy atom. The number of aliphatic carboxylic acids is 1. The van der Waals surface area contributed by atoms with Crippen LogP contribution in [0, 0.1) is 0 Å². The van der Waals surface area contributed by atoms with Crippen LogP contribution in [0.3, 0.4) is 0 Å². The van der Waals surface area contributed by atoms with E-state index in [9.17, 15) is 9.59 Å². The summed E-state index contributed by atoms with van der Waals surface area (Å²) in [4.78, 5) is 23.0. The maximum atomic E-state index is 12.0. The largest absolute Gasteiger partial charge is 0.480 e. The summed E-state index contributed by atoms with van der Waals surface area (Å²) in [5, 5.41) is 11.8. The third-order valence-electron chi connectivity index (χ3n) is 2.63. The quantitative estimate of drug-likeness (QED) is 0.827. The molecule has 19 heavy (non-hydrogen) atoms. The first-order valence-electron chi connectivity index (χ1n) is 5.94. The van der Waals surface area contributed by atoms with Crippen LogP contribution in [0.4, 0.5) is 0 Å². The highest BCUT2D eigenvalue weighted by atomic mass is 79.9. The number of carbonyl (C=O) groups is 2. The van der Waals surface area contributed by atoms with Crippen molar-refractivity contribution in [3.8, 4) is 0 Å². The lowest BCUT2D eigenvalue weighted by Gasteiger charge is -2.14. The van der Waals surface area contributed by atoms with Crippen LogP contribution < -0.4 is 5.32 Å². The van der Waals surface area contributed by atoms with Crippen LogP contribution in [0.15, 0.2) is 22.7 Å². The van der Waals surface area contributed by atoms with Crippen LogP contribution in [0.25, 0.3) is 0 Å². The van der Waals surface area contributed by atoms with Crippen molar-refractivity contribution in [1.82, 2.24) is 5.32 Å². The van der Waals surface area contributed by atoms with Gasteiger partial charge >= 0.3 is 5.97 Å². The lowest BCUT2D eigenvalue weighted by molar-refractivity contribution is -0.139. The number of rotatable bonds is 6. The molecule has 2 N–H and O–H groups in total. The van der Waals surface area contributed by atoms with Gasteiger partial charge in [-0.25, -0.2) is 4.79 Å². The normalized spacial score (nSPS) is 11.9. The standard InChI is InChI=1S/C13H15BrClNO3/c1-2-3-4-11(13(18)19)16-12(17)9-6-5-8(14)7-10(9)15/h5-7,11H,2-4H2,1H3,(H,16,17)(H,18,19)/t11-/m0/s1. The van der Waals surface area contributed by atoms with Crippen molar-refractivity contribution < 1.29 is 14.7 Å². The van der Waals surface area contributed by atoms with E-state index in [2.05, 4.69) is 21.2 Å². The lowest BCUT2D eigenvalue weighted by Crippen LogP contribution is -2.40. The minimum atomic E-state index is -1.03. The Kier molecular flexibility index (Phi) is 6.31. The molecule has 104 valence electrons. The van der Waals surface area contributed by atoms with Gasteiger partial charge in [0.1, 0.15) is 6.04 Å². The van der Waals surface area contributed by atoms with Gasteiger partial charge in [-0.15, -0.1) is 0 Å². The van der Waals surface area contributed by atoms with Crippen molar-refractivity contribution >= 4 is 39.4 Å². The molecule has 0 unspecified atom stereocenters. The number of carbonyl (C=O) groups excluding carboxylic acids is 1. The van der Waals surface area contributed by atoms with Crippen molar-refractivity contribution in [2.75, 3.05) is 0 Å². The predicted octanol–water partition coefficient (Wildman–Crippen LogP) is 3.48. The van der Waals surface area contributed by atoms with Crippen molar-refractivity contribution in [1.29, 1.82) is 0 Å². The SMILES string of the molecule is CCCC[C@H](NC(=O)c1ccc(Br)cc1Cl)C(=O)O. The molecular weight excluding hydrogens is 334 g/mol. The minimum absolute atomic E-state index is 0.271. The number of unbranched alkanes of at least 4 members (excludes halogenated alkanes) is 1. The Balaban J connectivity index is 2.78. The zero-order valence-corrected chi connectivity index (χ0v) is 12.8. The molecule has 6 heteroatoms. The molecule has 1 amide bonds. The van der Waals surface area contributed by atoms with E-state index in [1.807, 2.05) is 6.92 Å². The molecule has 0 aliphatic heterocycles. The molecule has 0 spiro atoms. The second-order valence-corrected chi connectivity index (χ2v) is 5.45. The van der Waals surface area contributed by atoms with Crippen LogP contribution in [0.2, 0.25) is 5.02 Å². The van der Waals surface area contributed by atoms with E-state index in [0.29, 0.717) is 6.42 Å². The average molecular weight is 349 g/mol. The van der Waals surface area contributed by atoms with Gasteiger partial charge in [-0.05, 0) is 24.6 Å². The Hall–Kier alpha value is -1.07. The molecule has 1 rings (SSSR count). The molecule has 0 saturated heterocycles. The van der Waals surface area contributed by atoms with E-state index in [0.717, 1.165) is 17.3 Å². The summed E-state index contributed by atoms with van der Waals surface area (Å²) in [6.07, 6.45) is 2.02. The number of nitrogens with one attached hydrogen (secondary N) is 1. The fourth-order valence-electron chi connectivity index (χ4n) is 1.58. The van der Waals surface area contributed by atoms with Crippen LogP contribution in [-0.2, 0) is 4.79 Å². The van der Waals surface area contributed by atoms with E-state index >= 15 is 0 Å². The molecule has 0 bridgehead atoms. The summed E-state index contributed by atoms with van der Waals surface area (Å²) >= 11 is 9.20. The average Bonchev–Trinajstić information content (AvgIpc) is 2.33. The first-order valence-corrected chi connectivity index (χ1v) is 7.11. The lowest BCUT2D eigenvalue weighted by atomic mass is 10.1. The summed E-state index contributed by atoms with van der Waals surface area (Å²) in [6, 6.07) is 3.95. The highest BCUT2D eigenvalue weighted by Gasteiger charge is 2.21. The van der Waals surface area contributed by atoms with Gasteiger partial charge in [0.15, 0.2) is 0 Å². The number of hydrogen-bond donors (Lipinski definition) is 2. The van der Waals surface area contributed by atoms with E-state index in [4.69, 9.17) is 16.7 Å². The maximum absolute atomic E-state index is 12.0. The summed E-state index contributed by atoms with van der Waals surface area (Å²) in [7, 11) is 0. The molecule has 0 aromatic heterocycles. The first kappa shape index (κ1) is 16.0. The molecule has 1 atom stereocenters. The van der Waals surface area contributed by atoms with Crippen LogP contribution in [0.1, 0.15) is 36.5 Å². The summed E-state index contributed by atoms with van der Waals surface area (Å²) in [5.41, 5.74) is 0.271. The van der Waals surface area contributed by atoms with Crippen LogP contribution >= 0.6 is 27.5 Å². The zero-order valence-electron chi connectivity index (χ0n) is 10.5. The highest BCUT2D eigenvalue weighted by Crippen LogP contribution is 2.21. The topological polar surface area (TPSA) is 66.4 Å². The van der Waals surface area contributed by atoms with Gasteiger partial charge in [0, 0.05) is 4.47 Å². The molecule has 0 heterocycles. The number of halogens is 2. The minimum Gasteiger partial charge on any atom is -0.480 e. The van der Waals surface area contributed by atoms with Crippen LogP contribution in [0.5, 0.6) is 0 Å². The number of carboxylic acids is 1. The predicted molar refractivity (Wildman–Crippen MR) is 77.6 cm³/mol. The van der Waals surface area contributed by atoms with E-state index < -0.39 is 17.9 Å². The van der Waals surface area contributed by atoms with Crippen molar-refractivity contribution in [2.24, 2.45) is 0 Å². The second kappa shape index (κ2) is 7.50. The molecule has 0 radical (unpaired) electrons. The fourth-order valence-corrected chi connectivity index (χ4v) is 2.33. The monoisotopic (exact) mass is 347 g/mol. The second-order valence-electron chi connectivity index (χ2n) is 4.13. The third-order valence-corrected chi connectivity index (χ3v) is 3.43. The van der Waals surface area contributed by atoms with Gasteiger partial charge in [0.25, 0.3) is 5.91 Å². The first-order chi connectivity index (χ1) is 8.95. The Bertz CT molecular complexity index is 479. The van der Waals surface area contributed by atoms with Gasteiger partial charge in [-0.1, -0.05) is 47.3 Å². The summed E-state index contributed by atoms with van der Waals surface area (Å²) < 4.78 is 0.759. The summed E-state index contributed by atoms with van der Waals surface area (Å²) in [6.45, 7) is 1.96. The van der Waals surface area contributed by atoms with Gasteiger partial charge in [-0.2, -0.15) is 0 Å². The smallest absolute Gasteiger partial charge is 0.326 e. The Labute approximate surface area is 125 Å². The zero-order chi connectivity index (χ0) is 14.4. The number of benzene rings is 1. The maximum Gasteiger partial charge on any atom is 0.326 e. The van der Waals surface area contributed by atoms with Crippen molar-refractivity contribution in [3.05, 3.63) is 33.3 Å². The van der Waals surface area contributed by atoms with Gasteiger partial charge in [0.2, 0.25) is 0 Å². The van der Waals surface area contributed by atoms with Gasteiger partial charge in [-0.3, -0.25) is 4.79 Å². The highest BCUT2D eigenvalue weighted by molar-refractivity contribution is 9.10. The van der Waals surface area contributed by atoms with Crippen molar-refractivity contribution in [3.63, 3.8) is 0 Å². The Morgan fingerprint density at radius 3 is 2.68 bits per heavy atom. The van der Waals surface area contributed by atoms with Crippen LogP contribution in [-0.4, -0.2) is 23.0 Å². The molecule has 1 aromatic carbocycles. The molecule has 0 fully saturated rings. The Morgan fingerprint density at radius 1 is 1.47 bits per heavy atom. The molecule has 1 aromatic rings. The molecule has 0 saturated carbocycles. The molecule has 0 aliphatic rings.